The number of rotatable bonds is 2. The van der Waals surface area contributed by atoms with Gasteiger partial charge >= 0.3 is 0 Å². The Labute approximate surface area is 173 Å². The zero-order valence-electron chi connectivity index (χ0n) is 17.4. The third kappa shape index (κ3) is 3.10. The molecule has 2 radical (unpaired) electrons. The number of halogens is 1. The largest absolute Gasteiger partial charge is 0.371 e. The van der Waals surface area contributed by atoms with E-state index in [9.17, 15) is 0 Å². The van der Waals surface area contributed by atoms with Crippen LogP contribution in [0.2, 0.25) is 5.02 Å². The zero-order valence-corrected chi connectivity index (χ0v) is 18.2. The van der Waals surface area contributed by atoms with Crippen LogP contribution in [0.3, 0.4) is 0 Å². The topological polar surface area (TPSA) is 21.1 Å². The van der Waals surface area contributed by atoms with Gasteiger partial charge in [-0.3, -0.25) is 4.57 Å². The summed E-state index contributed by atoms with van der Waals surface area (Å²) in [4.78, 5) is 7.47. The van der Waals surface area contributed by atoms with E-state index < -0.39 is 0 Å². The molecule has 1 aliphatic rings. The van der Waals surface area contributed by atoms with Crippen LogP contribution in [0.5, 0.6) is 0 Å². The molecule has 4 heteroatoms. The van der Waals surface area contributed by atoms with Crippen molar-refractivity contribution in [2.75, 3.05) is 18.0 Å². The molecule has 0 bridgehead atoms. The molecule has 2 aromatic heterocycles. The van der Waals surface area contributed by atoms with Crippen molar-refractivity contribution in [3.63, 3.8) is 0 Å². The molecule has 3 heterocycles. The molecule has 0 aliphatic carbocycles. The average molecular weight is 394 g/mol. The molecule has 0 N–H and O–H groups in total. The molecule has 0 unspecified atom stereocenters. The lowest BCUT2D eigenvalue weighted by Crippen LogP contribution is -2.33. The summed E-state index contributed by atoms with van der Waals surface area (Å²) in [6, 6.07) is 6.30. The monoisotopic (exact) mass is 393 g/mol. The molecule has 3 nitrogen and oxygen atoms in total. The van der Waals surface area contributed by atoms with E-state index in [0.29, 0.717) is 5.92 Å². The highest BCUT2D eigenvalue weighted by Gasteiger charge is 2.24. The van der Waals surface area contributed by atoms with E-state index in [1.54, 1.807) is 0 Å². The Kier molecular flexibility index (Phi) is 4.91. The van der Waals surface area contributed by atoms with E-state index >= 15 is 0 Å². The smallest absolute Gasteiger partial charge is 0.147 e. The number of aromatic nitrogens is 2. The van der Waals surface area contributed by atoms with Gasteiger partial charge in [0, 0.05) is 40.6 Å². The van der Waals surface area contributed by atoms with Crippen LogP contribution in [0.1, 0.15) is 40.9 Å². The normalized spacial score (nSPS) is 15.6. The Hall–Kier alpha value is -2.00. The minimum atomic E-state index is 0.321. The van der Waals surface area contributed by atoms with E-state index in [2.05, 4.69) is 50.2 Å². The van der Waals surface area contributed by atoms with Crippen molar-refractivity contribution < 1.29 is 0 Å². The first-order valence-electron chi connectivity index (χ1n) is 10.0. The zero-order chi connectivity index (χ0) is 20.2. The predicted molar refractivity (Wildman–Crippen MR) is 119 cm³/mol. The van der Waals surface area contributed by atoms with Gasteiger partial charge in [0.2, 0.25) is 0 Å². The number of hydrogen-bond donors (Lipinski definition) is 0. The summed E-state index contributed by atoms with van der Waals surface area (Å²) in [5.41, 5.74) is 9.41. The Morgan fingerprint density at radius 3 is 2.21 bits per heavy atom. The summed E-state index contributed by atoms with van der Waals surface area (Å²) in [6.45, 7) is 18.9. The van der Waals surface area contributed by atoms with E-state index in [4.69, 9.17) is 23.5 Å². The lowest BCUT2D eigenvalue weighted by Gasteiger charge is -2.32. The Bertz CT molecular complexity index is 1030. The molecule has 1 aliphatic heterocycles. The highest BCUT2D eigenvalue weighted by atomic mass is 35.5. The van der Waals surface area contributed by atoms with Gasteiger partial charge in [-0.05, 0) is 95.2 Å². The van der Waals surface area contributed by atoms with Gasteiger partial charge in [-0.2, -0.15) is 0 Å². The highest BCUT2D eigenvalue weighted by molar-refractivity contribution is 6.30. The van der Waals surface area contributed by atoms with E-state index in [-0.39, 0.29) is 0 Å². The van der Waals surface area contributed by atoms with Crippen LogP contribution in [0.4, 0.5) is 5.69 Å². The van der Waals surface area contributed by atoms with Crippen LogP contribution < -0.4 is 4.90 Å². The number of nitrogens with zero attached hydrogens (tertiary/aromatic N) is 3. The molecule has 0 atom stereocenters. The molecule has 0 amide bonds. The van der Waals surface area contributed by atoms with Crippen LogP contribution in [0.15, 0.2) is 18.2 Å². The third-order valence-corrected chi connectivity index (χ3v) is 6.35. The van der Waals surface area contributed by atoms with Gasteiger partial charge in [-0.25, -0.2) is 4.98 Å². The summed E-state index contributed by atoms with van der Waals surface area (Å²) >= 11 is 6.29. The summed E-state index contributed by atoms with van der Waals surface area (Å²) in [5, 5.41) is 2.03. The Morgan fingerprint density at radius 1 is 1.00 bits per heavy atom. The van der Waals surface area contributed by atoms with Gasteiger partial charge in [-0.15, -0.1) is 0 Å². The van der Waals surface area contributed by atoms with Crippen LogP contribution >= 0.6 is 11.6 Å². The molecule has 28 heavy (non-hydrogen) atoms. The Balaban J connectivity index is 1.99. The molecular formula is C24H28ClN3. The third-order valence-electron chi connectivity index (χ3n) is 6.13. The molecule has 3 aromatic rings. The first-order valence-corrected chi connectivity index (χ1v) is 10.4. The number of benzene rings is 1. The fourth-order valence-corrected chi connectivity index (χ4v) is 4.92. The standard InChI is InChI=1S/C24H28ClN3/c1-14-7-9-27(10-8-14)21-13-17(4)26-24-22(21)18(5)19(6)28(24)23-15(2)11-20(25)12-16(23)3/h1,11-14H,7-10H2,2-6H3. The summed E-state index contributed by atoms with van der Waals surface area (Å²) in [6.07, 6.45) is 2.08. The first-order chi connectivity index (χ1) is 13.3. The maximum atomic E-state index is 6.29. The molecular weight excluding hydrogens is 366 g/mol. The molecule has 4 rings (SSSR count). The van der Waals surface area contributed by atoms with Crippen LogP contribution in [-0.2, 0) is 0 Å². The van der Waals surface area contributed by atoms with E-state index in [0.717, 1.165) is 42.3 Å². The number of pyridine rings is 1. The minimum Gasteiger partial charge on any atom is -0.371 e. The summed E-state index contributed by atoms with van der Waals surface area (Å²) < 4.78 is 2.32. The van der Waals surface area contributed by atoms with Gasteiger partial charge in [0.1, 0.15) is 5.65 Å². The SMILES string of the molecule is [CH]C1CCN(c2cc(C)nc3c2c(C)c(C)n3-c2c(C)cc(Cl)cc2C)CC1. The number of anilines is 1. The molecule has 146 valence electrons. The number of hydrogen-bond acceptors (Lipinski definition) is 2. The fourth-order valence-electron chi connectivity index (χ4n) is 4.59. The number of piperidine rings is 1. The van der Waals surface area contributed by atoms with Crippen molar-refractivity contribution in [2.24, 2.45) is 5.92 Å². The van der Waals surface area contributed by atoms with Crippen LogP contribution in [0.25, 0.3) is 16.7 Å². The van der Waals surface area contributed by atoms with Gasteiger partial charge in [0.25, 0.3) is 0 Å². The van der Waals surface area contributed by atoms with E-state index in [1.807, 2.05) is 12.1 Å². The second-order valence-corrected chi connectivity index (χ2v) is 8.68. The fraction of sp³-hybridized carbons (Fsp3) is 0.417. The first kappa shape index (κ1) is 19.3. The molecule has 0 spiro atoms. The maximum Gasteiger partial charge on any atom is 0.147 e. The van der Waals surface area contributed by atoms with Crippen LogP contribution in [-0.4, -0.2) is 22.6 Å². The lowest BCUT2D eigenvalue weighted by atomic mass is 9.98. The summed E-state index contributed by atoms with van der Waals surface area (Å²) in [5.74, 6) is 0.321. The second kappa shape index (κ2) is 7.11. The average Bonchev–Trinajstić information content (AvgIpc) is 2.86. The van der Waals surface area contributed by atoms with Crippen LogP contribution in [0, 0.1) is 47.5 Å². The lowest BCUT2D eigenvalue weighted by molar-refractivity contribution is 0.476. The minimum absolute atomic E-state index is 0.321. The quantitative estimate of drug-likeness (QED) is 0.520. The molecule has 1 fully saturated rings. The maximum absolute atomic E-state index is 6.29. The van der Waals surface area contributed by atoms with E-state index in [1.165, 1.54) is 39.1 Å². The van der Waals surface area contributed by atoms with Gasteiger partial charge < -0.3 is 4.90 Å². The Morgan fingerprint density at radius 2 is 1.61 bits per heavy atom. The van der Waals surface area contributed by atoms with Gasteiger partial charge in [-0.1, -0.05) is 11.6 Å². The molecule has 1 saturated heterocycles. The highest BCUT2D eigenvalue weighted by Crippen LogP contribution is 2.38. The van der Waals surface area contributed by atoms with Gasteiger partial charge in [0.15, 0.2) is 0 Å². The number of fused-ring (bicyclic) bond motifs is 1. The second-order valence-electron chi connectivity index (χ2n) is 8.24. The summed E-state index contributed by atoms with van der Waals surface area (Å²) in [7, 11) is 0. The van der Waals surface area contributed by atoms with Crippen molar-refractivity contribution >= 4 is 28.3 Å². The van der Waals surface area contributed by atoms with Crippen molar-refractivity contribution in [2.45, 2.75) is 47.5 Å². The number of aryl methyl sites for hydroxylation is 4. The molecule has 0 saturated carbocycles. The van der Waals surface area contributed by atoms with Crippen molar-refractivity contribution in [3.8, 4) is 5.69 Å². The molecule has 1 aromatic carbocycles. The van der Waals surface area contributed by atoms with Crippen molar-refractivity contribution in [1.29, 1.82) is 0 Å². The predicted octanol–water partition coefficient (Wildman–Crippen LogP) is 6.15. The van der Waals surface area contributed by atoms with Gasteiger partial charge in [0.05, 0.1) is 5.69 Å². The van der Waals surface area contributed by atoms with Crippen molar-refractivity contribution in [1.82, 2.24) is 9.55 Å². The van der Waals surface area contributed by atoms with Crippen molar-refractivity contribution in [3.05, 3.63) is 58.2 Å².